The van der Waals surface area contributed by atoms with Gasteiger partial charge in [-0.3, -0.25) is 14.5 Å². The molecule has 3 aromatic carbocycles. The first-order valence-electron chi connectivity index (χ1n) is 13.3. The topological polar surface area (TPSA) is 89.7 Å². The fraction of sp³-hybridized carbons (Fsp3) is 0.156. The first-order valence-corrected chi connectivity index (χ1v) is 16.1. The summed E-state index contributed by atoms with van der Waals surface area (Å²) in [4.78, 5) is 40.7. The van der Waals surface area contributed by atoms with Gasteiger partial charge in [-0.15, -0.1) is 23.1 Å². The lowest BCUT2D eigenvalue weighted by Gasteiger charge is -2.48. The summed E-state index contributed by atoms with van der Waals surface area (Å²) in [6.45, 7) is 0. The van der Waals surface area contributed by atoms with E-state index in [0.29, 0.717) is 15.5 Å². The quantitative estimate of drug-likeness (QED) is 0.135. The van der Waals surface area contributed by atoms with Crippen molar-refractivity contribution in [2.24, 2.45) is 5.73 Å². The SMILES string of the molecule is N[C@@H]1C(=O)N2C(C(=O)OC(c3ccccc3)c3ccccc3)=C(C=CSc3cc(=O)c4ccc(C(F)(F)F)cc4s3)CS[C@@H]12. The van der Waals surface area contributed by atoms with E-state index in [9.17, 15) is 27.6 Å². The maximum Gasteiger partial charge on any atom is 0.416 e. The van der Waals surface area contributed by atoms with E-state index in [1.54, 1.807) is 11.5 Å². The van der Waals surface area contributed by atoms with Crippen LogP contribution < -0.4 is 11.2 Å². The number of halogens is 3. The van der Waals surface area contributed by atoms with Gasteiger partial charge in [-0.2, -0.15) is 13.2 Å². The molecule has 2 aliphatic heterocycles. The zero-order valence-corrected chi connectivity index (χ0v) is 25.1. The Balaban J connectivity index is 1.32. The van der Waals surface area contributed by atoms with Crippen molar-refractivity contribution in [1.29, 1.82) is 0 Å². The molecule has 0 spiro atoms. The summed E-state index contributed by atoms with van der Waals surface area (Å²) in [6, 6.07) is 22.2. The van der Waals surface area contributed by atoms with Gasteiger partial charge in [-0.1, -0.05) is 72.4 Å². The van der Waals surface area contributed by atoms with Crippen molar-refractivity contribution in [2.45, 2.75) is 27.9 Å². The number of hydrogen-bond acceptors (Lipinski definition) is 8. The third kappa shape index (κ3) is 5.94. The fourth-order valence-corrected chi connectivity index (χ4v) is 8.24. The first-order chi connectivity index (χ1) is 21.1. The molecule has 1 amide bonds. The van der Waals surface area contributed by atoms with Crippen LogP contribution in [-0.2, 0) is 20.5 Å². The number of alkyl halides is 3. The second-order valence-electron chi connectivity index (χ2n) is 9.98. The van der Waals surface area contributed by atoms with E-state index in [4.69, 9.17) is 10.5 Å². The van der Waals surface area contributed by atoms with E-state index in [1.165, 1.54) is 28.8 Å². The van der Waals surface area contributed by atoms with Gasteiger partial charge in [0.2, 0.25) is 5.91 Å². The van der Waals surface area contributed by atoms with Crippen LogP contribution in [0.1, 0.15) is 22.8 Å². The van der Waals surface area contributed by atoms with Gasteiger partial charge in [0, 0.05) is 21.9 Å². The number of ether oxygens (including phenoxy) is 1. The van der Waals surface area contributed by atoms with Gasteiger partial charge >= 0.3 is 12.1 Å². The Bertz CT molecular complexity index is 1820. The van der Waals surface area contributed by atoms with E-state index in [2.05, 4.69) is 0 Å². The Morgan fingerprint density at radius 2 is 1.66 bits per heavy atom. The average molecular weight is 653 g/mol. The van der Waals surface area contributed by atoms with Gasteiger partial charge in [0.15, 0.2) is 11.5 Å². The zero-order valence-electron chi connectivity index (χ0n) is 22.7. The van der Waals surface area contributed by atoms with Crippen molar-refractivity contribution in [3.8, 4) is 0 Å². The highest BCUT2D eigenvalue weighted by Crippen LogP contribution is 2.42. The minimum absolute atomic E-state index is 0.0932. The average Bonchev–Trinajstić information content (AvgIpc) is 3.03. The van der Waals surface area contributed by atoms with Crippen LogP contribution in [0.15, 0.2) is 117 Å². The van der Waals surface area contributed by atoms with Crippen LogP contribution in [0.2, 0.25) is 0 Å². The smallest absolute Gasteiger partial charge is 0.416 e. The molecular weight excluding hydrogens is 630 g/mol. The number of nitrogens with two attached hydrogens (primary N) is 1. The summed E-state index contributed by atoms with van der Waals surface area (Å²) >= 11 is 3.61. The molecule has 224 valence electrons. The molecule has 6 rings (SSSR count). The number of carbonyl (C=O) groups is 2. The Kier molecular flexibility index (Phi) is 8.42. The molecule has 2 aliphatic rings. The molecule has 4 aromatic rings. The lowest BCUT2D eigenvalue weighted by Crippen LogP contribution is -2.68. The van der Waals surface area contributed by atoms with E-state index >= 15 is 0 Å². The molecule has 0 radical (unpaired) electrons. The molecule has 44 heavy (non-hydrogen) atoms. The predicted molar refractivity (Wildman–Crippen MR) is 167 cm³/mol. The van der Waals surface area contributed by atoms with Crippen molar-refractivity contribution < 1.29 is 27.5 Å². The number of fused-ring (bicyclic) bond motifs is 2. The third-order valence-electron chi connectivity index (χ3n) is 7.15. The Hall–Kier alpha value is -3.84. The Morgan fingerprint density at radius 1 is 1.00 bits per heavy atom. The summed E-state index contributed by atoms with van der Waals surface area (Å²) in [5.74, 6) is -0.710. The first kappa shape index (κ1) is 30.2. The van der Waals surface area contributed by atoms with Gasteiger partial charge in [0.05, 0.1) is 9.77 Å². The number of β-lactam (4-membered cyclic amide) rings is 1. The Labute approximate surface area is 262 Å². The van der Waals surface area contributed by atoms with Crippen LogP contribution in [0.3, 0.4) is 0 Å². The molecule has 6 nitrogen and oxygen atoms in total. The zero-order chi connectivity index (χ0) is 31.0. The second kappa shape index (κ2) is 12.3. The van der Waals surface area contributed by atoms with E-state index in [-0.39, 0.29) is 15.8 Å². The highest BCUT2D eigenvalue weighted by Gasteiger charge is 2.52. The summed E-state index contributed by atoms with van der Waals surface area (Å²) in [6.07, 6.45) is -3.60. The summed E-state index contributed by atoms with van der Waals surface area (Å²) < 4.78 is 46.5. The molecule has 1 aromatic heterocycles. The standard InChI is InChI=1S/C32H23F3N2O4S3/c33-32(34,35)21-11-12-22-23(38)16-25(44-24(22)15-21)42-14-13-20-17-43-30-26(36)29(39)37(30)27(20)31(40)41-28(18-7-3-1-4-8-18)19-9-5-2-6-10-19/h1-16,26,28,30H,17,36H2/t26-,30+/m1/s1. The monoisotopic (exact) mass is 652 g/mol. The summed E-state index contributed by atoms with van der Waals surface area (Å²) in [5.41, 5.74) is 6.94. The van der Waals surface area contributed by atoms with Crippen LogP contribution in [0, 0.1) is 0 Å². The van der Waals surface area contributed by atoms with Crippen LogP contribution in [0.25, 0.3) is 10.1 Å². The highest BCUT2D eigenvalue weighted by molar-refractivity contribution is 8.04. The van der Waals surface area contributed by atoms with E-state index < -0.39 is 46.6 Å². The minimum Gasteiger partial charge on any atom is -0.448 e. The van der Waals surface area contributed by atoms with Gasteiger partial charge in [-0.05, 0) is 46.4 Å². The normalized spacial score (nSPS) is 18.6. The van der Waals surface area contributed by atoms with Gasteiger partial charge in [0.1, 0.15) is 17.1 Å². The number of benzene rings is 3. The molecule has 0 saturated carbocycles. The van der Waals surface area contributed by atoms with Crippen LogP contribution in [-0.4, -0.2) is 33.9 Å². The highest BCUT2D eigenvalue weighted by atomic mass is 32.2. The van der Waals surface area contributed by atoms with Crippen molar-refractivity contribution in [3.05, 3.63) is 135 Å². The summed E-state index contributed by atoms with van der Waals surface area (Å²) in [5, 5.41) is 1.44. The maximum absolute atomic E-state index is 13.8. The second-order valence-corrected chi connectivity index (χ2v) is 13.4. The molecule has 1 fully saturated rings. The molecule has 12 heteroatoms. The number of esters is 1. The van der Waals surface area contributed by atoms with Crippen LogP contribution in [0.5, 0.6) is 0 Å². The molecule has 2 N–H and O–H groups in total. The number of carbonyl (C=O) groups excluding carboxylic acids is 2. The number of nitrogens with zero attached hydrogens (tertiary/aromatic N) is 1. The molecular formula is C32H23F3N2O4S3. The summed E-state index contributed by atoms with van der Waals surface area (Å²) in [7, 11) is 0. The fourth-order valence-electron chi connectivity index (χ4n) is 4.95. The molecule has 0 unspecified atom stereocenters. The minimum atomic E-state index is -4.53. The molecule has 1 saturated heterocycles. The number of hydrogen-bond donors (Lipinski definition) is 1. The lowest BCUT2D eigenvalue weighted by atomic mass is 10.0. The number of thioether (sulfide) groups is 2. The van der Waals surface area contributed by atoms with Crippen molar-refractivity contribution in [1.82, 2.24) is 4.90 Å². The van der Waals surface area contributed by atoms with Gasteiger partial charge in [-0.25, -0.2) is 4.79 Å². The van der Waals surface area contributed by atoms with Crippen molar-refractivity contribution in [3.63, 3.8) is 0 Å². The van der Waals surface area contributed by atoms with E-state index in [0.717, 1.165) is 46.4 Å². The molecule has 3 heterocycles. The predicted octanol–water partition coefficient (Wildman–Crippen LogP) is 6.72. The van der Waals surface area contributed by atoms with Crippen molar-refractivity contribution >= 4 is 56.8 Å². The molecule has 0 aliphatic carbocycles. The van der Waals surface area contributed by atoms with Crippen molar-refractivity contribution in [2.75, 3.05) is 5.75 Å². The molecule has 0 bridgehead atoms. The third-order valence-corrected chi connectivity index (χ3v) is 10.5. The molecule has 2 atom stereocenters. The number of allylic oxidation sites excluding steroid dienone is 1. The maximum atomic E-state index is 13.8. The Morgan fingerprint density at radius 3 is 2.30 bits per heavy atom. The van der Waals surface area contributed by atoms with Crippen LogP contribution >= 0.6 is 34.9 Å². The van der Waals surface area contributed by atoms with Crippen LogP contribution in [0.4, 0.5) is 13.2 Å². The lowest BCUT2D eigenvalue weighted by molar-refractivity contribution is -0.153. The number of amides is 1. The van der Waals surface area contributed by atoms with Gasteiger partial charge in [0.25, 0.3) is 0 Å². The van der Waals surface area contributed by atoms with E-state index in [1.807, 2.05) is 60.7 Å². The largest absolute Gasteiger partial charge is 0.448 e. The van der Waals surface area contributed by atoms with Gasteiger partial charge < -0.3 is 10.5 Å². The number of rotatable bonds is 7.